The summed E-state index contributed by atoms with van der Waals surface area (Å²) >= 11 is 0. The number of Topliss-reactive ketones (excluding diaryl/α,β-unsaturated/α-hetero) is 1. The van der Waals surface area contributed by atoms with Gasteiger partial charge in [-0.1, -0.05) is 13.8 Å². The molecule has 0 bridgehead atoms. The van der Waals surface area contributed by atoms with E-state index in [2.05, 4.69) is 0 Å². The van der Waals surface area contributed by atoms with Crippen molar-refractivity contribution in [2.24, 2.45) is 5.92 Å². The number of hydrogen-bond donors (Lipinski definition) is 1. The van der Waals surface area contributed by atoms with Crippen LogP contribution < -0.4 is 0 Å². The molecular weight excluding hydrogens is 156 g/mol. The Kier molecular flexibility index (Phi) is 3.67. The van der Waals surface area contributed by atoms with Gasteiger partial charge in [0.15, 0.2) is 5.78 Å². The fourth-order valence-electron chi connectivity index (χ4n) is 0.778. The largest absolute Gasteiger partial charge is 0.478 e. The molecule has 0 heterocycles. The summed E-state index contributed by atoms with van der Waals surface area (Å²) < 4.78 is 0. The summed E-state index contributed by atoms with van der Waals surface area (Å²) in [7, 11) is 0. The summed E-state index contributed by atoms with van der Waals surface area (Å²) in [5.41, 5.74) is 0.478. The molecule has 0 aromatic rings. The highest BCUT2D eigenvalue weighted by Crippen LogP contribution is 2.10. The second kappa shape index (κ2) is 4.04. The number of aliphatic carboxylic acids is 1. The molecule has 0 radical (unpaired) electrons. The second-order valence-electron chi connectivity index (χ2n) is 3.07. The molecule has 12 heavy (non-hydrogen) atoms. The summed E-state index contributed by atoms with van der Waals surface area (Å²) in [5.74, 6) is -1.27. The van der Waals surface area contributed by atoms with Crippen LogP contribution in [-0.4, -0.2) is 16.9 Å². The third-order valence-corrected chi connectivity index (χ3v) is 1.78. The van der Waals surface area contributed by atoms with E-state index in [1.807, 2.05) is 0 Å². The van der Waals surface area contributed by atoms with E-state index in [4.69, 9.17) is 5.11 Å². The van der Waals surface area contributed by atoms with Gasteiger partial charge in [-0.05, 0) is 13.8 Å². The number of carboxylic acids is 1. The number of ketones is 1. The predicted octanol–water partition coefficient (Wildman–Crippen LogP) is 1.63. The van der Waals surface area contributed by atoms with Gasteiger partial charge in [0.25, 0.3) is 0 Å². The van der Waals surface area contributed by atoms with E-state index in [1.54, 1.807) is 20.8 Å². The van der Waals surface area contributed by atoms with Crippen LogP contribution in [0.15, 0.2) is 11.1 Å². The lowest BCUT2D eigenvalue weighted by Crippen LogP contribution is -2.12. The Morgan fingerprint density at radius 3 is 1.75 bits per heavy atom. The zero-order chi connectivity index (χ0) is 9.89. The minimum Gasteiger partial charge on any atom is -0.478 e. The molecule has 3 heteroatoms. The van der Waals surface area contributed by atoms with Gasteiger partial charge in [-0.3, -0.25) is 4.79 Å². The molecule has 0 aliphatic rings. The molecule has 3 nitrogen and oxygen atoms in total. The van der Waals surface area contributed by atoms with Gasteiger partial charge in [-0.15, -0.1) is 0 Å². The zero-order valence-corrected chi connectivity index (χ0v) is 7.84. The number of hydrogen-bond acceptors (Lipinski definition) is 2. The molecule has 0 aliphatic heterocycles. The fourth-order valence-corrected chi connectivity index (χ4v) is 0.778. The molecule has 68 valence electrons. The van der Waals surface area contributed by atoms with Gasteiger partial charge >= 0.3 is 5.97 Å². The number of carboxylic acid groups (broad SMARTS) is 1. The van der Waals surface area contributed by atoms with Crippen molar-refractivity contribution in [3.8, 4) is 0 Å². The van der Waals surface area contributed by atoms with Crippen LogP contribution in [0.4, 0.5) is 0 Å². The Labute approximate surface area is 72.1 Å². The summed E-state index contributed by atoms with van der Waals surface area (Å²) in [6, 6.07) is 0. The highest BCUT2D eigenvalue weighted by atomic mass is 16.4. The van der Waals surface area contributed by atoms with Gasteiger partial charge in [0.1, 0.15) is 0 Å². The summed E-state index contributed by atoms with van der Waals surface area (Å²) in [6.07, 6.45) is 0. The number of rotatable bonds is 3. The smallest absolute Gasteiger partial charge is 0.331 e. The van der Waals surface area contributed by atoms with Crippen LogP contribution in [0.25, 0.3) is 0 Å². The maximum atomic E-state index is 11.3. The number of carbonyl (C=O) groups is 2. The lowest BCUT2D eigenvalue weighted by Gasteiger charge is -2.05. The Morgan fingerprint density at radius 2 is 1.50 bits per heavy atom. The average Bonchev–Trinajstić information content (AvgIpc) is 2.00. The Hall–Kier alpha value is -1.12. The first-order chi connectivity index (χ1) is 5.37. The Bertz CT molecular complexity index is 236. The SMILES string of the molecule is C/C(C(=O)O)=C(\C)C(=O)C(C)C. The minimum absolute atomic E-state index is 0.102. The quantitative estimate of drug-likeness (QED) is 0.655. The van der Waals surface area contributed by atoms with E-state index in [9.17, 15) is 9.59 Å². The molecule has 0 aromatic carbocycles. The summed E-state index contributed by atoms with van der Waals surface area (Å²) in [4.78, 5) is 21.7. The molecule has 0 atom stereocenters. The lowest BCUT2D eigenvalue weighted by molar-refractivity contribution is -0.133. The third-order valence-electron chi connectivity index (χ3n) is 1.78. The molecule has 0 aliphatic carbocycles. The van der Waals surface area contributed by atoms with Gasteiger partial charge in [0.05, 0.1) is 0 Å². The Morgan fingerprint density at radius 1 is 1.08 bits per heavy atom. The topological polar surface area (TPSA) is 54.4 Å². The van der Waals surface area contributed by atoms with Gasteiger partial charge in [-0.2, -0.15) is 0 Å². The minimum atomic E-state index is -1.03. The van der Waals surface area contributed by atoms with E-state index in [-0.39, 0.29) is 17.3 Å². The summed E-state index contributed by atoms with van der Waals surface area (Å²) in [6.45, 7) is 6.49. The maximum absolute atomic E-state index is 11.3. The van der Waals surface area contributed by atoms with E-state index >= 15 is 0 Å². The van der Waals surface area contributed by atoms with Crippen LogP contribution in [0.5, 0.6) is 0 Å². The van der Waals surface area contributed by atoms with Crippen molar-refractivity contribution in [2.75, 3.05) is 0 Å². The molecule has 0 fully saturated rings. The molecule has 0 rings (SSSR count). The van der Waals surface area contributed by atoms with E-state index in [0.29, 0.717) is 5.57 Å². The van der Waals surface area contributed by atoms with Crippen molar-refractivity contribution in [1.29, 1.82) is 0 Å². The van der Waals surface area contributed by atoms with Crippen molar-refractivity contribution >= 4 is 11.8 Å². The van der Waals surface area contributed by atoms with Crippen LogP contribution >= 0.6 is 0 Å². The third kappa shape index (κ3) is 2.49. The monoisotopic (exact) mass is 170 g/mol. The molecule has 0 saturated heterocycles. The highest BCUT2D eigenvalue weighted by molar-refractivity contribution is 6.03. The van der Waals surface area contributed by atoms with Crippen molar-refractivity contribution in [1.82, 2.24) is 0 Å². The molecule has 1 N–H and O–H groups in total. The van der Waals surface area contributed by atoms with Crippen LogP contribution in [0.1, 0.15) is 27.7 Å². The second-order valence-corrected chi connectivity index (χ2v) is 3.07. The van der Waals surface area contributed by atoms with Crippen LogP contribution in [-0.2, 0) is 9.59 Å². The van der Waals surface area contributed by atoms with Gasteiger partial charge in [0.2, 0.25) is 0 Å². The number of allylic oxidation sites excluding steroid dienone is 1. The van der Waals surface area contributed by atoms with Gasteiger partial charge < -0.3 is 5.11 Å². The van der Waals surface area contributed by atoms with Gasteiger partial charge in [-0.25, -0.2) is 4.79 Å². The Balaban J connectivity index is 4.79. The van der Waals surface area contributed by atoms with Crippen LogP contribution in [0.2, 0.25) is 0 Å². The highest BCUT2D eigenvalue weighted by Gasteiger charge is 2.14. The molecule has 0 saturated carbocycles. The zero-order valence-electron chi connectivity index (χ0n) is 7.84. The molecule has 0 aromatic heterocycles. The molecule has 0 spiro atoms. The average molecular weight is 170 g/mol. The lowest BCUT2D eigenvalue weighted by atomic mass is 9.99. The molecule has 0 unspecified atom stereocenters. The van der Waals surface area contributed by atoms with E-state index in [1.165, 1.54) is 6.92 Å². The van der Waals surface area contributed by atoms with Crippen molar-refractivity contribution in [2.45, 2.75) is 27.7 Å². The fraction of sp³-hybridized carbons (Fsp3) is 0.556. The first-order valence-corrected chi connectivity index (χ1v) is 3.83. The number of carbonyl (C=O) groups excluding carboxylic acids is 1. The van der Waals surface area contributed by atoms with Crippen LogP contribution in [0.3, 0.4) is 0 Å². The maximum Gasteiger partial charge on any atom is 0.331 e. The van der Waals surface area contributed by atoms with Crippen LogP contribution in [0, 0.1) is 5.92 Å². The first kappa shape index (κ1) is 10.9. The summed E-state index contributed by atoms with van der Waals surface area (Å²) in [5, 5.41) is 8.57. The van der Waals surface area contributed by atoms with Crippen molar-refractivity contribution < 1.29 is 14.7 Å². The first-order valence-electron chi connectivity index (χ1n) is 3.83. The molecular formula is C9H14O3. The van der Waals surface area contributed by atoms with Gasteiger partial charge in [0, 0.05) is 17.1 Å². The van der Waals surface area contributed by atoms with Crippen molar-refractivity contribution in [3.05, 3.63) is 11.1 Å². The van der Waals surface area contributed by atoms with E-state index in [0.717, 1.165) is 0 Å². The molecule has 0 amide bonds. The van der Waals surface area contributed by atoms with Crippen molar-refractivity contribution in [3.63, 3.8) is 0 Å². The van der Waals surface area contributed by atoms with E-state index < -0.39 is 5.97 Å². The predicted molar refractivity (Wildman–Crippen MR) is 45.9 cm³/mol. The normalized spacial score (nSPS) is 12.8. The standard InChI is InChI=1S/C9H14O3/c1-5(2)8(10)6(3)7(4)9(11)12/h5H,1-4H3,(H,11,12)/b7-6-.